The second-order valence-corrected chi connectivity index (χ2v) is 2.15. The summed E-state index contributed by atoms with van der Waals surface area (Å²) >= 11 is 0. The van der Waals surface area contributed by atoms with Crippen molar-refractivity contribution in [3.8, 4) is 6.57 Å². The van der Waals surface area contributed by atoms with E-state index in [1.165, 1.54) is 5.56 Å². The molecule has 0 aliphatic rings. The summed E-state index contributed by atoms with van der Waals surface area (Å²) < 4.78 is 0. The van der Waals surface area contributed by atoms with Crippen molar-refractivity contribution in [2.45, 2.75) is 13.3 Å². The third-order valence-electron chi connectivity index (χ3n) is 1.49. The number of nitrogens with zero attached hydrogens (tertiary/aromatic N) is 1. The van der Waals surface area contributed by atoms with Crippen molar-refractivity contribution in [1.29, 1.82) is 0 Å². The lowest BCUT2D eigenvalue weighted by Crippen LogP contribution is -1.75. The Bertz CT molecular complexity index is 240. The minimum atomic E-state index is 0.831. The average Bonchev–Trinajstić information content (AvgIpc) is 2.05. The van der Waals surface area contributed by atoms with Crippen molar-refractivity contribution < 1.29 is 0 Å². The quantitative estimate of drug-likeness (QED) is 0.553. The molecule has 0 N–H and O–H groups in total. The van der Waals surface area contributed by atoms with Gasteiger partial charge in [-0.1, -0.05) is 19.1 Å². The first kappa shape index (κ1) is 6.82. The molecule has 1 aromatic rings. The van der Waals surface area contributed by atoms with Crippen LogP contribution in [0.2, 0.25) is 0 Å². The third kappa shape index (κ3) is 1.35. The number of hydrogen-bond donors (Lipinski definition) is 0. The number of rotatable bonds is 1. The zero-order chi connectivity index (χ0) is 7.40. The molecular formula is C9H10N+. The van der Waals surface area contributed by atoms with Crippen LogP contribution < -0.4 is 0 Å². The molecule has 0 aromatic heterocycles. The van der Waals surface area contributed by atoms with E-state index < -0.39 is 0 Å². The fraction of sp³-hybridized carbons (Fsp3) is 0.222. The van der Waals surface area contributed by atoms with E-state index >= 15 is 0 Å². The Morgan fingerprint density at radius 2 is 1.90 bits per heavy atom. The van der Waals surface area contributed by atoms with Gasteiger partial charge in [-0.2, -0.15) is 0 Å². The van der Waals surface area contributed by atoms with Crippen LogP contribution in [0, 0.1) is 6.57 Å². The highest BCUT2D eigenvalue weighted by atomic mass is 14.6. The van der Waals surface area contributed by atoms with E-state index in [0.29, 0.717) is 0 Å². The monoisotopic (exact) mass is 132 g/mol. The van der Waals surface area contributed by atoms with Gasteiger partial charge in [-0.05, 0) is 16.8 Å². The van der Waals surface area contributed by atoms with E-state index in [1.54, 1.807) is 0 Å². The van der Waals surface area contributed by atoms with Crippen LogP contribution in [-0.4, -0.2) is 0 Å². The molecule has 0 atom stereocenters. The standard InChI is InChI=1S/C9H10N/c1-3-8-4-6-9(10-2)7-5-8/h2,4-7H,3H2,1H3/q+1. The summed E-state index contributed by atoms with van der Waals surface area (Å²) in [5.74, 6) is 0. The van der Waals surface area contributed by atoms with Gasteiger partial charge < -0.3 is 0 Å². The minimum absolute atomic E-state index is 0.831. The van der Waals surface area contributed by atoms with Crippen molar-refractivity contribution in [2.24, 2.45) is 0 Å². The van der Waals surface area contributed by atoms with Gasteiger partial charge in [0.15, 0.2) is 0 Å². The number of aryl methyl sites for hydroxylation is 1. The van der Waals surface area contributed by atoms with Crippen molar-refractivity contribution >= 4 is 5.69 Å². The molecule has 0 aliphatic carbocycles. The maximum absolute atomic E-state index is 5.07. The SMILES string of the molecule is C#[N+]c1ccc(CC)cc1. The van der Waals surface area contributed by atoms with E-state index in [2.05, 4.69) is 11.8 Å². The maximum atomic E-state index is 5.07. The van der Waals surface area contributed by atoms with Crippen LogP contribution >= 0.6 is 0 Å². The first-order chi connectivity index (χ1) is 4.86. The van der Waals surface area contributed by atoms with Crippen molar-refractivity contribution in [3.05, 3.63) is 34.7 Å². The Kier molecular flexibility index (Phi) is 2.07. The summed E-state index contributed by atoms with van der Waals surface area (Å²) in [6, 6.07) is 7.90. The summed E-state index contributed by atoms with van der Waals surface area (Å²) in [5, 5.41) is 0. The highest BCUT2D eigenvalue weighted by molar-refractivity contribution is 5.45. The number of hydrogen-bond acceptors (Lipinski definition) is 0. The Balaban J connectivity index is 2.93. The molecule has 0 unspecified atom stereocenters. The molecule has 0 aliphatic heterocycles. The van der Waals surface area contributed by atoms with E-state index in [0.717, 1.165) is 12.1 Å². The van der Waals surface area contributed by atoms with Crippen LogP contribution in [0.25, 0.3) is 4.85 Å². The van der Waals surface area contributed by atoms with Crippen LogP contribution in [0.15, 0.2) is 24.3 Å². The fourth-order valence-corrected chi connectivity index (χ4v) is 0.818. The molecular weight excluding hydrogens is 122 g/mol. The molecule has 0 fully saturated rings. The molecule has 0 radical (unpaired) electrons. The average molecular weight is 132 g/mol. The summed E-state index contributed by atoms with van der Waals surface area (Å²) in [4.78, 5) is 3.55. The van der Waals surface area contributed by atoms with Crippen LogP contribution in [-0.2, 0) is 6.42 Å². The van der Waals surface area contributed by atoms with E-state index in [-0.39, 0.29) is 0 Å². The van der Waals surface area contributed by atoms with Gasteiger partial charge in [0.25, 0.3) is 6.57 Å². The van der Waals surface area contributed by atoms with E-state index in [1.807, 2.05) is 24.3 Å². The fourth-order valence-electron chi connectivity index (χ4n) is 0.818. The molecule has 1 heteroatoms. The predicted octanol–water partition coefficient (Wildman–Crippen LogP) is 2.84. The smallest absolute Gasteiger partial charge is 0.0613 e. The summed E-state index contributed by atoms with van der Waals surface area (Å²) in [6.45, 7) is 7.19. The highest BCUT2D eigenvalue weighted by Gasteiger charge is 1.96. The molecule has 50 valence electrons. The molecule has 1 aromatic carbocycles. The molecule has 0 amide bonds. The Labute approximate surface area is 61.1 Å². The maximum Gasteiger partial charge on any atom is 0.339 e. The lowest BCUT2D eigenvalue weighted by Gasteiger charge is -1.89. The Hall–Kier alpha value is -1.29. The van der Waals surface area contributed by atoms with Crippen LogP contribution in [0.4, 0.5) is 5.69 Å². The predicted molar refractivity (Wildman–Crippen MR) is 43.8 cm³/mol. The molecule has 0 saturated heterocycles. The van der Waals surface area contributed by atoms with Crippen LogP contribution in [0.1, 0.15) is 12.5 Å². The van der Waals surface area contributed by atoms with Gasteiger partial charge in [-0.3, -0.25) is 0 Å². The molecule has 1 nitrogen and oxygen atoms in total. The van der Waals surface area contributed by atoms with Gasteiger partial charge in [0.05, 0.1) is 0 Å². The highest BCUT2D eigenvalue weighted by Crippen LogP contribution is 2.12. The largest absolute Gasteiger partial charge is 0.339 e. The molecule has 1 rings (SSSR count). The Morgan fingerprint density at radius 1 is 1.30 bits per heavy atom. The molecule has 0 saturated carbocycles. The first-order valence-electron chi connectivity index (χ1n) is 3.36. The van der Waals surface area contributed by atoms with Gasteiger partial charge in [0.2, 0.25) is 0 Å². The van der Waals surface area contributed by atoms with E-state index in [9.17, 15) is 0 Å². The van der Waals surface area contributed by atoms with Gasteiger partial charge in [0.1, 0.15) is 0 Å². The molecule has 10 heavy (non-hydrogen) atoms. The van der Waals surface area contributed by atoms with Gasteiger partial charge >= 0.3 is 5.69 Å². The summed E-state index contributed by atoms with van der Waals surface area (Å²) in [7, 11) is 0. The lowest BCUT2D eigenvalue weighted by atomic mass is 10.2. The normalized spacial score (nSPS) is 8.80. The van der Waals surface area contributed by atoms with Gasteiger partial charge in [-0.25, -0.2) is 0 Å². The van der Waals surface area contributed by atoms with Crippen LogP contribution in [0.5, 0.6) is 0 Å². The lowest BCUT2D eigenvalue weighted by molar-refractivity contribution is 1.14. The van der Waals surface area contributed by atoms with Crippen molar-refractivity contribution in [1.82, 2.24) is 0 Å². The second kappa shape index (κ2) is 3.03. The molecule has 0 heterocycles. The zero-order valence-corrected chi connectivity index (χ0v) is 6.04. The number of benzene rings is 1. The molecule has 0 spiro atoms. The molecule has 0 bridgehead atoms. The zero-order valence-electron chi connectivity index (χ0n) is 6.04. The summed E-state index contributed by atoms with van der Waals surface area (Å²) in [6.07, 6.45) is 1.06. The van der Waals surface area contributed by atoms with Crippen molar-refractivity contribution in [3.63, 3.8) is 0 Å². The topological polar surface area (TPSA) is 4.36 Å². The second-order valence-electron chi connectivity index (χ2n) is 2.15. The minimum Gasteiger partial charge on any atom is -0.0613 e. The van der Waals surface area contributed by atoms with Crippen molar-refractivity contribution in [2.75, 3.05) is 0 Å². The first-order valence-corrected chi connectivity index (χ1v) is 3.36. The Morgan fingerprint density at radius 3 is 2.30 bits per heavy atom. The summed E-state index contributed by atoms with van der Waals surface area (Å²) in [5.41, 5.74) is 2.14. The van der Waals surface area contributed by atoms with Gasteiger partial charge in [0, 0.05) is 12.1 Å². The third-order valence-corrected chi connectivity index (χ3v) is 1.49. The van der Waals surface area contributed by atoms with Gasteiger partial charge in [-0.15, -0.1) is 0 Å². The van der Waals surface area contributed by atoms with E-state index in [4.69, 9.17) is 6.57 Å². The van der Waals surface area contributed by atoms with Crippen LogP contribution in [0.3, 0.4) is 0 Å².